The second kappa shape index (κ2) is 7.50. The van der Waals surface area contributed by atoms with Crippen molar-refractivity contribution in [2.75, 3.05) is 11.9 Å². The van der Waals surface area contributed by atoms with E-state index < -0.39 is 22.0 Å². The van der Waals surface area contributed by atoms with Crippen molar-refractivity contribution < 1.29 is 17.6 Å². The summed E-state index contributed by atoms with van der Waals surface area (Å²) in [6, 6.07) is 6.08. The number of carbonyl (C=O) groups is 1. The predicted octanol–water partition coefficient (Wildman–Crippen LogP) is 3.04. The van der Waals surface area contributed by atoms with E-state index in [9.17, 15) is 13.2 Å². The lowest BCUT2D eigenvalue weighted by molar-refractivity contribution is -0.120. The van der Waals surface area contributed by atoms with E-state index in [1.165, 1.54) is 15.6 Å². The molecule has 4 heterocycles. The molecule has 0 aliphatic carbocycles. The lowest BCUT2D eigenvalue weighted by Crippen LogP contribution is -2.49. The van der Waals surface area contributed by atoms with Crippen molar-refractivity contribution in [2.24, 2.45) is 0 Å². The second-order valence-electron chi connectivity index (χ2n) is 5.94. The van der Waals surface area contributed by atoms with Crippen LogP contribution in [0.25, 0.3) is 10.8 Å². The minimum absolute atomic E-state index is 0.0394. The van der Waals surface area contributed by atoms with Gasteiger partial charge in [0, 0.05) is 6.54 Å². The highest BCUT2D eigenvalue weighted by atomic mass is 32.2. The maximum atomic E-state index is 12.9. The number of hydrogen-bond donors (Lipinski definition) is 1. The largest absolute Gasteiger partial charge is 0.402 e. The number of sulfonamides is 1. The van der Waals surface area contributed by atoms with Gasteiger partial charge in [0.05, 0.1) is 4.88 Å². The number of rotatable bonds is 5. The van der Waals surface area contributed by atoms with Crippen molar-refractivity contribution in [3.05, 3.63) is 35.0 Å². The standard InChI is InChI=1S/C16H16N4O4S3/c21-14(17-16-19-18-15(24-16)12-6-3-9-25-12)11-5-1-2-8-20(11)27(22,23)13-7-4-10-26-13/h3-4,6-7,9-11H,1-2,5,8H2,(H,17,19,21)/t11-/m0/s1. The number of hydrogen-bond acceptors (Lipinski definition) is 8. The third kappa shape index (κ3) is 3.68. The number of piperidine rings is 1. The average molecular weight is 425 g/mol. The Morgan fingerprint density at radius 2 is 2.00 bits per heavy atom. The molecule has 142 valence electrons. The lowest BCUT2D eigenvalue weighted by atomic mass is 10.0. The molecular weight excluding hydrogens is 408 g/mol. The minimum atomic E-state index is -3.71. The van der Waals surface area contributed by atoms with Crippen LogP contribution in [0.3, 0.4) is 0 Å². The number of nitrogens with zero attached hydrogens (tertiary/aromatic N) is 3. The molecule has 27 heavy (non-hydrogen) atoms. The Labute approximate surface area is 163 Å². The van der Waals surface area contributed by atoms with Gasteiger partial charge in [0.15, 0.2) is 0 Å². The third-order valence-electron chi connectivity index (χ3n) is 4.20. The van der Waals surface area contributed by atoms with Crippen LogP contribution in [-0.4, -0.2) is 41.4 Å². The summed E-state index contributed by atoms with van der Waals surface area (Å²) in [6.45, 7) is 0.308. The fraction of sp³-hybridized carbons (Fsp3) is 0.312. The van der Waals surface area contributed by atoms with Gasteiger partial charge in [0.2, 0.25) is 5.91 Å². The number of aromatic nitrogens is 2. The molecule has 1 aliphatic heterocycles. The predicted molar refractivity (Wildman–Crippen MR) is 102 cm³/mol. The van der Waals surface area contributed by atoms with E-state index in [1.807, 2.05) is 17.5 Å². The first-order chi connectivity index (χ1) is 13.1. The van der Waals surface area contributed by atoms with Crippen LogP contribution in [0.1, 0.15) is 19.3 Å². The van der Waals surface area contributed by atoms with Gasteiger partial charge in [-0.15, -0.1) is 27.8 Å². The van der Waals surface area contributed by atoms with Gasteiger partial charge in [0.25, 0.3) is 15.9 Å². The summed E-state index contributed by atoms with van der Waals surface area (Å²) in [5, 5.41) is 13.9. The average Bonchev–Trinajstić information content (AvgIpc) is 3.42. The van der Waals surface area contributed by atoms with Gasteiger partial charge in [-0.2, -0.15) is 4.31 Å². The van der Waals surface area contributed by atoms with Gasteiger partial charge in [-0.05, 0) is 35.7 Å². The Balaban J connectivity index is 1.53. The van der Waals surface area contributed by atoms with E-state index in [2.05, 4.69) is 15.5 Å². The fourth-order valence-electron chi connectivity index (χ4n) is 2.94. The molecule has 8 nitrogen and oxygen atoms in total. The van der Waals surface area contributed by atoms with Gasteiger partial charge >= 0.3 is 6.01 Å². The number of nitrogens with one attached hydrogen (secondary N) is 1. The van der Waals surface area contributed by atoms with Crippen molar-refractivity contribution >= 4 is 44.6 Å². The number of amides is 1. The van der Waals surface area contributed by atoms with Crippen molar-refractivity contribution in [3.63, 3.8) is 0 Å². The van der Waals surface area contributed by atoms with Crippen molar-refractivity contribution in [1.82, 2.24) is 14.5 Å². The van der Waals surface area contributed by atoms with E-state index in [1.54, 1.807) is 17.5 Å². The van der Waals surface area contributed by atoms with Gasteiger partial charge < -0.3 is 4.42 Å². The molecule has 0 unspecified atom stereocenters. The van der Waals surface area contributed by atoms with Gasteiger partial charge in [-0.3, -0.25) is 10.1 Å². The first-order valence-electron chi connectivity index (χ1n) is 8.29. The number of carbonyl (C=O) groups excluding carboxylic acids is 1. The van der Waals surface area contributed by atoms with E-state index in [-0.39, 0.29) is 10.2 Å². The molecule has 0 aromatic carbocycles. The Bertz CT molecular complexity index is 1010. The van der Waals surface area contributed by atoms with Crippen LogP contribution in [0.2, 0.25) is 0 Å². The van der Waals surface area contributed by atoms with Crippen LogP contribution < -0.4 is 5.32 Å². The first kappa shape index (κ1) is 18.3. The Morgan fingerprint density at radius 3 is 2.74 bits per heavy atom. The third-order valence-corrected chi connectivity index (χ3v) is 8.34. The molecule has 1 atom stereocenters. The molecule has 4 rings (SSSR count). The maximum absolute atomic E-state index is 12.9. The van der Waals surface area contributed by atoms with E-state index >= 15 is 0 Å². The molecular formula is C16H16N4O4S3. The SMILES string of the molecule is O=C(Nc1nnc(-c2cccs2)o1)[C@@H]1CCCCN1S(=O)(=O)c1cccs1. The summed E-state index contributed by atoms with van der Waals surface area (Å²) in [5.41, 5.74) is 0. The summed E-state index contributed by atoms with van der Waals surface area (Å²) in [5.74, 6) is -0.150. The normalized spacial score (nSPS) is 18.4. The van der Waals surface area contributed by atoms with Gasteiger partial charge in [-0.25, -0.2) is 8.42 Å². The van der Waals surface area contributed by atoms with Crippen LogP contribution >= 0.6 is 22.7 Å². The molecule has 1 fully saturated rings. The second-order valence-corrected chi connectivity index (χ2v) is 9.95. The zero-order valence-electron chi connectivity index (χ0n) is 14.1. The van der Waals surface area contributed by atoms with Crippen molar-refractivity contribution in [1.29, 1.82) is 0 Å². The molecule has 0 radical (unpaired) electrons. The van der Waals surface area contributed by atoms with Crippen LogP contribution in [0.4, 0.5) is 6.01 Å². The Hall–Kier alpha value is -2.08. The molecule has 1 aliphatic rings. The van der Waals surface area contributed by atoms with Crippen LogP contribution in [0.15, 0.2) is 43.7 Å². The summed E-state index contributed by atoms with van der Waals surface area (Å²) < 4.78 is 32.7. The molecule has 3 aromatic heterocycles. The van der Waals surface area contributed by atoms with Crippen molar-refractivity contribution in [2.45, 2.75) is 29.5 Å². The topological polar surface area (TPSA) is 105 Å². The summed E-state index contributed by atoms with van der Waals surface area (Å²) >= 11 is 2.59. The molecule has 3 aromatic rings. The van der Waals surface area contributed by atoms with E-state index in [4.69, 9.17) is 4.42 Å². The highest BCUT2D eigenvalue weighted by Gasteiger charge is 2.38. The van der Waals surface area contributed by atoms with E-state index in [0.29, 0.717) is 18.9 Å². The minimum Gasteiger partial charge on any atom is -0.402 e. The van der Waals surface area contributed by atoms with E-state index in [0.717, 1.165) is 29.1 Å². The molecule has 1 N–H and O–H groups in total. The molecule has 1 amide bonds. The van der Waals surface area contributed by atoms with Crippen LogP contribution in [-0.2, 0) is 14.8 Å². The first-order valence-corrected chi connectivity index (χ1v) is 11.5. The zero-order valence-corrected chi connectivity index (χ0v) is 16.5. The highest BCUT2D eigenvalue weighted by molar-refractivity contribution is 7.91. The van der Waals surface area contributed by atoms with Crippen LogP contribution in [0, 0.1) is 0 Å². The Kier molecular flexibility index (Phi) is 5.08. The smallest absolute Gasteiger partial charge is 0.322 e. The Morgan fingerprint density at radius 1 is 1.19 bits per heavy atom. The summed E-state index contributed by atoms with van der Waals surface area (Å²) in [6.07, 6.45) is 1.94. The summed E-state index contributed by atoms with van der Waals surface area (Å²) in [4.78, 5) is 13.5. The fourth-order valence-corrected chi connectivity index (χ4v) is 6.36. The highest BCUT2D eigenvalue weighted by Crippen LogP contribution is 2.29. The summed E-state index contributed by atoms with van der Waals surface area (Å²) in [7, 11) is -3.71. The zero-order chi connectivity index (χ0) is 18.9. The lowest BCUT2D eigenvalue weighted by Gasteiger charge is -2.32. The molecule has 11 heteroatoms. The number of anilines is 1. The molecule has 0 bridgehead atoms. The molecule has 1 saturated heterocycles. The molecule has 0 spiro atoms. The monoisotopic (exact) mass is 424 g/mol. The maximum Gasteiger partial charge on any atom is 0.322 e. The van der Waals surface area contributed by atoms with Crippen molar-refractivity contribution in [3.8, 4) is 10.8 Å². The molecule has 0 saturated carbocycles. The van der Waals surface area contributed by atoms with Gasteiger partial charge in [-0.1, -0.05) is 23.7 Å². The van der Waals surface area contributed by atoms with Crippen LogP contribution in [0.5, 0.6) is 0 Å². The van der Waals surface area contributed by atoms with Gasteiger partial charge in [0.1, 0.15) is 10.3 Å². The number of thiophene rings is 2. The quantitative estimate of drug-likeness (QED) is 0.675.